The summed E-state index contributed by atoms with van der Waals surface area (Å²) >= 11 is 5.96. The van der Waals surface area contributed by atoms with Gasteiger partial charge in [-0.05, 0) is 43.9 Å². The Morgan fingerprint density at radius 2 is 2.00 bits per heavy atom. The molecule has 1 N–H and O–H groups in total. The smallest absolute Gasteiger partial charge is 0.251 e. The number of nitrogens with one attached hydrogen (secondary N) is 1. The van der Waals surface area contributed by atoms with Crippen molar-refractivity contribution in [2.24, 2.45) is 5.92 Å². The highest BCUT2D eigenvalue weighted by Crippen LogP contribution is 2.32. The van der Waals surface area contributed by atoms with Crippen molar-refractivity contribution in [3.05, 3.63) is 28.8 Å². The SMILES string of the molecule is CC(NC(=O)c1ccc(Cl)c(S(=O)(=O)N(C)C)c1)C1CC1. The van der Waals surface area contributed by atoms with Gasteiger partial charge in [-0.15, -0.1) is 0 Å². The summed E-state index contributed by atoms with van der Waals surface area (Å²) in [5, 5.41) is 3.00. The fraction of sp³-hybridized carbons (Fsp3) is 0.500. The molecule has 21 heavy (non-hydrogen) atoms. The zero-order valence-electron chi connectivity index (χ0n) is 12.3. The molecule has 1 aliphatic rings. The van der Waals surface area contributed by atoms with Crippen LogP contribution < -0.4 is 5.32 Å². The van der Waals surface area contributed by atoms with E-state index in [9.17, 15) is 13.2 Å². The summed E-state index contributed by atoms with van der Waals surface area (Å²) in [4.78, 5) is 12.1. The lowest BCUT2D eigenvalue weighted by atomic mass is 10.1. The summed E-state index contributed by atoms with van der Waals surface area (Å²) in [5.74, 6) is 0.257. The highest BCUT2D eigenvalue weighted by Gasteiger charge is 2.29. The minimum Gasteiger partial charge on any atom is -0.349 e. The van der Waals surface area contributed by atoms with Crippen molar-refractivity contribution in [1.82, 2.24) is 9.62 Å². The van der Waals surface area contributed by atoms with Crippen LogP contribution in [0.2, 0.25) is 5.02 Å². The van der Waals surface area contributed by atoms with Crippen LogP contribution in [-0.4, -0.2) is 38.8 Å². The molecule has 0 aromatic heterocycles. The van der Waals surface area contributed by atoms with Crippen molar-refractivity contribution >= 4 is 27.5 Å². The van der Waals surface area contributed by atoms with E-state index in [4.69, 9.17) is 11.6 Å². The van der Waals surface area contributed by atoms with Gasteiger partial charge in [0.05, 0.1) is 5.02 Å². The zero-order valence-corrected chi connectivity index (χ0v) is 13.8. The van der Waals surface area contributed by atoms with Crippen LogP contribution in [0.15, 0.2) is 23.1 Å². The van der Waals surface area contributed by atoms with Gasteiger partial charge in [0.2, 0.25) is 10.0 Å². The van der Waals surface area contributed by atoms with Crippen LogP contribution in [0.25, 0.3) is 0 Å². The Hall–Kier alpha value is -1.11. The third-order valence-corrected chi connectivity index (χ3v) is 5.94. The molecule has 1 atom stereocenters. The molecule has 1 fully saturated rings. The van der Waals surface area contributed by atoms with E-state index in [-0.39, 0.29) is 21.9 Å². The largest absolute Gasteiger partial charge is 0.349 e. The zero-order chi connectivity index (χ0) is 15.8. The van der Waals surface area contributed by atoms with E-state index in [1.54, 1.807) is 0 Å². The predicted octanol–water partition coefficient (Wildman–Crippen LogP) is 2.12. The highest BCUT2D eigenvalue weighted by molar-refractivity contribution is 7.89. The molecule has 1 aromatic carbocycles. The Kier molecular flexibility index (Phi) is 4.60. The standard InChI is InChI=1S/C14H19ClN2O3S/c1-9(10-4-5-10)16-14(18)11-6-7-12(15)13(8-11)21(19,20)17(2)3/h6-10H,4-5H2,1-3H3,(H,16,18). The van der Waals surface area contributed by atoms with Crippen LogP contribution in [0.1, 0.15) is 30.1 Å². The van der Waals surface area contributed by atoms with Crippen LogP contribution in [0.5, 0.6) is 0 Å². The predicted molar refractivity (Wildman–Crippen MR) is 82.0 cm³/mol. The molecule has 0 aliphatic heterocycles. The average Bonchev–Trinajstić information content (AvgIpc) is 3.22. The lowest BCUT2D eigenvalue weighted by molar-refractivity contribution is 0.0935. The summed E-state index contributed by atoms with van der Waals surface area (Å²) in [6.45, 7) is 1.96. The van der Waals surface area contributed by atoms with Gasteiger partial charge in [-0.25, -0.2) is 12.7 Å². The van der Waals surface area contributed by atoms with E-state index in [0.29, 0.717) is 11.5 Å². The van der Waals surface area contributed by atoms with Crippen LogP contribution in [0.3, 0.4) is 0 Å². The van der Waals surface area contributed by atoms with Gasteiger partial charge in [-0.1, -0.05) is 11.6 Å². The number of benzene rings is 1. The molecule has 116 valence electrons. The third kappa shape index (κ3) is 3.56. The van der Waals surface area contributed by atoms with E-state index in [1.165, 1.54) is 32.3 Å². The molecular formula is C14H19ClN2O3S. The first-order valence-corrected chi connectivity index (χ1v) is 8.58. The minimum atomic E-state index is -3.67. The maximum Gasteiger partial charge on any atom is 0.251 e. The molecule has 2 rings (SSSR count). The molecule has 0 spiro atoms. The first kappa shape index (κ1) is 16.3. The maximum atomic E-state index is 12.2. The van der Waals surface area contributed by atoms with Gasteiger partial charge in [0, 0.05) is 25.7 Å². The quantitative estimate of drug-likeness (QED) is 0.899. The number of rotatable bonds is 5. The fourth-order valence-corrected chi connectivity index (χ4v) is 3.44. The Balaban J connectivity index is 2.28. The lowest BCUT2D eigenvalue weighted by Crippen LogP contribution is -2.34. The molecule has 1 aromatic rings. The maximum absolute atomic E-state index is 12.2. The molecule has 1 unspecified atom stereocenters. The Morgan fingerprint density at radius 3 is 2.52 bits per heavy atom. The van der Waals surface area contributed by atoms with Gasteiger partial charge in [-0.3, -0.25) is 4.79 Å². The number of halogens is 1. The summed E-state index contributed by atoms with van der Waals surface area (Å²) in [6.07, 6.45) is 2.25. The van der Waals surface area contributed by atoms with E-state index in [0.717, 1.165) is 17.1 Å². The topological polar surface area (TPSA) is 66.5 Å². The van der Waals surface area contributed by atoms with Crippen LogP contribution in [0, 0.1) is 5.92 Å². The van der Waals surface area contributed by atoms with E-state index >= 15 is 0 Å². The summed E-state index contributed by atoms with van der Waals surface area (Å²) in [5.41, 5.74) is 0.298. The first-order valence-electron chi connectivity index (χ1n) is 6.76. The second-order valence-electron chi connectivity index (χ2n) is 5.53. The molecule has 1 aliphatic carbocycles. The number of nitrogens with zero attached hydrogens (tertiary/aromatic N) is 1. The molecule has 0 bridgehead atoms. The summed E-state index contributed by atoms with van der Waals surface area (Å²) in [7, 11) is -0.826. The third-order valence-electron chi connectivity index (χ3n) is 3.64. The second kappa shape index (κ2) is 5.94. The molecule has 1 saturated carbocycles. The monoisotopic (exact) mass is 330 g/mol. The second-order valence-corrected chi connectivity index (χ2v) is 8.06. The number of sulfonamides is 1. The summed E-state index contributed by atoms with van der Waals surface area (Å²) in [6, 6.07) is 4.40. The van der Waals surface area contributed by atoms with Crippen molar-refractivity contribution in [2.45, 2.75) is 30.7 Å². The normalized spacial score (nSPS) is 16.8. The van der Waals surface area contributed by atoms with Gasteiger partial charge >= 0.3 is 0 Å². The number of carbonyl (C=O) groups excluding carboxylic acids is 1. The van der Waals surface area contributed by atoms with E-state index < -0.39 is 10.0 Å². The van der Waals surface area contributed by atoms with Gasteiger partial charge < -0.3 is 5.32 Å². The van der Waals surface area contributed by atoms with Crippen molar-refractivity contribution in [3.8, 4) is 0 Å². The van der Waals surface area contributed by atoms with Gasteiger partial charge in [0.1, 0.15) is 4.90 Å². The average molecular weight is 331 g/mol. The Bertz CT molecular complexity index is 654. The van der Waals surface area contributed by atoms with Crippen molar-refractivity contribution in [1.29, 1.82) is 0 Å². The lowest BCUT2D eigenvalue weighted by Gasteiger charge is -2.15. The number of carbonyl (C=O) groups is 1. The number of hydrogen-bond acceptors (Lipinski definition) is 3. The van der Waals surface area contributed by atoms with Gasteiger partial charge in [-0.2, -0.15) is 0 Å². The molecule has 0 radical (unpaired) electrons. The molecule has 0 heterocycles. The van der Waals surface area contributed by atoms with E-state index in [1.807, 2.05) is 6.92 Å². The van der Waals surface area contributed by atoms with Crippen molar-refractivity contribution in [2.75, 3.05) is 14.1 Å². The van der Waals surface area contributed by atoms with E-state index in [2.05, 4.69) is 5.32 Å². The molecule has 5 nitrogen and oxygen atoms in total. The summed E-state index contributed by atoms with van der Waals surface area (Å²) < 4.78 is 25.4. The number of hydrogen-bond donors (Lipinski definition) is 1. The first-order chi connectivity index (χ1) is 9.73. The number of amides is 1. The van der Waals surface area contributed by atoms with Gasteiger partial charge in [0.25, 0.3) is 5.91 Å². The van der Waals surface area contributed by atoms with Crippen LogP contribution >= 0.6 is 11.6 Å². The Labute approximate surface area is 130 Å². The van der Waals surface area contributed by atoms with Crippen LogP contribution in [-0.2, 0) is 10.0 Å². The minimum absolute atomic E-state index is 0.0547. The van der Waals surface area contributed by atoms with Crippen molar-refractivity contribution < 1.29 is 13.2 Å². The molecule has 0 saturated heterocycles. The van der Waals surface area contributed by atoms with Crippen LogP contribution in [0.4, 0.5) is 0 Å². The highest BCUT2D eigenvalue weighted by atomic mass is 35.5. The Morgan fingerprint density at radius 1 is 1.38 bits per heavy atom. The molecular weight excluding hydrogens is 312 g/mol. The molecule has 1 amide bonds. The molecule has 7 heteroatoms. The van der Waals surface area contributed by atoms with Gasteiger partial charge in [0.15, 0.2) is 0 Å². The van der Waals surface area contributed by atoms with Crippen molar-refractivity contribution in [3.63, 3.8) is 0 Å². The fourth-order valence-electron chi connectivity index (χ4n) is 2.04.